The van der Waals surface area contributed by atoms with Crippen LogP contribution in [0.4, 0.5) is 5.13 Å². The fourth-order valence-electron chi connectivity index (χ4n) is 2.68. The Morgan fingerprint density at radius 2 is 2.08 bits per heavy atom. The highest BCUT2D eigenvalue weighted by Gasteiger charge is 2.19. The van der Waals surface area contributed by atoms with Gasteiger partial charge in [-0.2, -0.15) is 0 Å². The molecule has 0 radical (unpaired) electrons. The van der Waals surface area contributed by atoms with Crippen LogP contribution in [0.3, 0.4) is 0 Å². The maximum Gasteiger partial charge on any atom is 0.252 e. The minimum Gasteiger partial charge on any atom is -0.370 e. The smallest absolute Gasteiger partial charge is 0.252 e. The molecule has 0 spiro atoms. The predicted molar refractivity (Wildman–Crippen MR) is 106 cm³/mol. The number of anilines is 1. The Hall–Kier alpha value is -2.32. The Kier molecular flexibility index (Phi) is 6.30. The van der Waals surface area contributed by atoms with Crippen LogP contribution in [0.1, 0.15) is 10.4 Å². The molecular formula is C17H21ClN6OS. The van der Waals surface area contributed by atoms with E-state index in [1.54, 1.807) is 35.6 Å². The van der Waals surface area contributed by atoms with Gasteiger partial charge >= 0.3 is 0 Å². The summed E-state index contributed by atoms with van der Waals surface area (Å²) < 4.78 is 0. The molecule has 7 nitrogen and oxygen atoms in total. The first-order valence-corrected chi connectivity index (χ1v) is 9.63. The molecule has 1 aromatic carbocycles. The molecule has 9 heteroatoms. The second-order valence-electron chi connectivity index (χ2n) is 5.76. The number of amides is 1. The van der Waals surface area contributed by atoms with Gasteiger partial charge in [0.15, 0.2) is 11.1 Å². The number of carbonyl (C=O) groups excluding carboxylic acids is 1. The monoisotopic (exact) mass is 392 g/mol. The van der Waals surface area contributed by atoms with E-state index in [1.807, 2.05) is 11.6 Å². The maximum atomic E-state index is 12.1. The molecule has 1 saturated heterocycles. The van der Waals surface area contributed by atoms with Gasteiger partial charge in [0.05, 0.1) is 17.1 Å². The van der Waals surface area contributed by atoms with Crippen LogP contribution in [0, 0.1) is 0 Å². The van der Waals surface area contributed by atoms with E-state index in [1.165, 1.54) is 0 Å². The average molecular weight is 393 g/mol. The maximum absolute atomic E-state index is 12.1. The van der Waals surface area contributed by atoms with Crippen LogP contribution in [-0.4, -0.2) is 61.0 Å². The molecule has 2 aromatic rings. The first-order valence-electron chi connectivity index (χ1n) is 8.37. The van der Waals surface area contributed by atoms with Crippen LogP contribution >= 0.6 is 22.9 Å². The number of nitrogens with zero attached hydrogens (tertiary/aromatic N) is 4. The molecule has 0 atom stereocenters. The summed E-state index contributed by atoms with van der Waals surface area (Å²) in [5.74, 6) is 0.303. The lowest BCUT2D eigenvalue weighted by Gasteiger charge is -2.35. The zero-order valence-electron chi connectivity index (χ0n) is 14.3. The van der Waals surface area contributed by atoms with Crippen molar-refractivity contribution in [3.63, 3.8) is 0 Å². The summed E-state index contributed by atoms with van der Waals surface area (Å²) in [5.41, 5.74) is 6.54. The number of aliphatic imine (C=N–C) groups is 1. The normalized spacial score (nSPS) is 15.2. The summed E-state index contributed by atoms with van der Waals surface area (Å²) in [4.78, 5) is 25.1. The van der Waals surface area contributed by atoms with Crippen molar-refractivity contribution in [2.75, 3.05) is 44.2 Å². The van der Waals surface area contributed by atoms with Gasteiger partial charge < -0.3 is 20.9 Å². The average Bonchev–Trinajstić information content (AvgIpc) is 3.20. The van der Waals surface area contributed by atoms with E-state index in [2.05, 4.69) is 25.1 Å². The van der Waals surface area contributed by atoms with E-state index in [0.717, 1.165) is 31.3 Å². The number of guanidine groups is 1. The molecule has 138 valence electrons. The molecule has 3 N–H and O–H groups in total. The second-order valence-corrected chi connectivity index (χ2v) is 7.04. The van der Waals surface area contributed by atoms with Crippen molar-refractivity contribution in [1.29, 1.82) is 0 Å². The lowest BCUT2D eigenvalue weighted by molar-refractivity contribution is 0.0955. The first kappa shape index (κ1) is 18.5. The number of rotatable bonds is 5. The number of nitrogens with one attached hydrogen (secondary N) is 1. The fraction of sp³-hybridized carbons (Fsp3) is 0.353. The van der Waals surface area contributed by atoms with E-state index >= 15 is 0 Å². The van der Waals surface area contributed by atoms with Gasteiger partial charge in [0.25, 0.3) is 5.91 Å². The standard InChI is InChI=1S/C17H21ClN6OS/c18-14-4-2-1-3-13(14)15(25)20-5-6-21-16(19)23-8-10-24(11-9-23)17-22-7-12-26-17/h1-4,7,12H,5-6,8-11H2,(H2,19,21)(H,20,25). The molecule has 1 aromatic heterocycles. The van der Waals surface area contributed by atoms with Gasteiger partial charge in [-0.25, -0.2) is 4.98 Å². The van der Waals surface area contributed by atoms with Gasteiger partial charge in [0.1, 0.15) is 0 Å². The lowest BCUT2D eigenvalue weighted by Crippen LogP contribution is -2.51. The third-order valence-corrected chi connectivity index (χ3v) is 5.24. The van der Waals surface area contributed by atoms with Crippen molar-refractivity contribution in [2.24, 2.45) is 10.7 Å². The Labute approximate surface area is 161 Å². The van der Waals surface area contributed by atoms with E-state index in [0.29, 0.717) is 29.6 Å². The molecule has 0 unspecified atom stereocenters. The number of thiazole rings is 1. The Bertz CT molecular complexity index is 758. The minimum atomic E-state index is -0.207. The molecule has 3 rings (SSSR count). The van der Waals surface area contributed by atoms with Crippen LogP contribution in [-0.2, 0) is 0 Å². The minimum absolute atomic E-state index is 0.207. The SMILES string of the molecule is NC(=NCCNC(=O)c1ccccc1Cl)N1CCN(c2nccs2)CC1. The molecule has 1 fully saturated rings. The molecule has 1 aliphatic rings. The zero-order chi connectivity index (χ0) is 18.4. The Morgan fingerprint density at radius 1 is 1.31 bits per heavy atom. The molecule has 0 aliphatic carbocycles. The second kappa shape index (κ2) is 8.86. The first-order chi connectivity index (χ1) is 12.6. The van der Waals surface area contributed by atoms with Crippen molar-refractivity contribution in [3.05, 3.63) is 46.4 Å². The van der Waals surface area contributed by atoms with Gasteiger partial charge in [-0.05, 0) is 12.1 Å². The summed E-state index contributed by atoms with van der Waals surface area (Å²) in [7, 11) is 0. The van der Waals surface area contributed by atoms with Crippen molar-refractivity contribution < 1.29 is 4.79 Å². The van der Waals surface area contributed by atoms with Crippen molar-refractivity contribution >= 4 is 39.9 Å². The van der Waals surface area contributed by atoms with E-state index in [9.17, 15) is 4.79 Å². The summed E-state index contributed by atoms with van der Waals surface area (Å²) in [6.07, 6.45) is 1.82. The molecule has 1 amide bonds. The summed E-state index contributed by atoms with van der Waals surface area (Å²) in [5, 5.41) is 6.26. The molecule has 0 saturated carbocycles. The number of benzene rings is 1. The van der Waals surface area contributed by atoms with Crippen LogP contribution in [0.25, 0.3) is 0 Å². The van der Waals surface area contributed by atoms with E-state index < -0.39 is 0 Å². The largest absolute Gasteiger partial charge is 0.370 e. The summed E-state index contributed by atoms with van der Waals surface area (Å²) in [6.45, 7) is 4.18. The molecule has 2 heterocycles. The van der Waals surface area contributed by atoms with Crippen molar-refractivity contribution in [2.45, 2.75) is 0 Å². The third-order valence-electron chi connectivity index (χ3n) is 4.08. The quantitative estimate of drug-likeness (QED) is 0.459. The van der Waals surface area contributed by atoms with Crippen molar-refractivity contribution in [1.82, 2.24) is 15.2 Å². The number of hydrogen-bond donors (Lipinski definition) is 2. The highest BCUT2D eigenvalue weighted by Crippen LogP contribution is 2.18. The summed E-state index contributed by atoms with van der Waals surface area (Å²) >= 11 is 7.65. The van der Waals surface area contributed by atoms with E-state index in [4.69, 9.17) is 17.3 Å². The number of hydrogen-bond acceptors (Lipinski definition) is 5. The fourth-order valence-corrected chi connectivity index (χ4v) is 3.60. The highest BCUT2D eigenvalue weighted by molar-refractivity contribution is 7.13. The van der Waals surface area contributed by atoms with Crippen LogP contribution in [0.15, 0.2) is 40.8 Å². The van der Waals surface area contributed by atoms with Gasteiger partial charge in [0.2, 0.25) is 0 Å². The third kappa shape index (κ3) is 4.64. The molecule has 1 aliphatic heterocycles. The number of nitrogens with two attached hydrogens (primary N) is 1. The van der Waals surface area contributed by atoms with Crippen LogP contribution in [0.5, 0.6) is 0 Å². The topological polar surface area (TPSA) is 86.8 Å². The lowest BCUT2D eigenvalue weighted by atomic mass is 10.2. The van der Waals surface area contributed by atoms with E-state index in [-0.39, 0.29) is 5.91 Å². The molecule has 0 bridgehead atoms. The number of halogens is 1. The van der Waals surface area contributed by atoms with Gasteiger partial charge in [-0.1, -0.05) is 23.7 Å². The number of piperazine rings is 1. The van der Waals surface area contributed by atoms with Gasteiger partial charge in [-0.3, -0.25) is 9.79 Å². The Balaban J connectivity index is 1.42. The van der Waals surface area contributed by atoms with Crippen LogP contribution in [0.2, 0.25) is 5.02 Å². The predicted octanol–water partition coefficient (Wildman–Crippen LogP) is 1.66. The summed E-state index contributed by atoms with van der Waals surface area (Å²) in [6, 6.07) is 6.95. The van der Waals surface area contributed by atoms with Crippen LogP contribution < -0.4 is 16.0 Å². The number of carbonyl (C=O) groups is 1. The Morgan fingerprint density at radius 3 is 2.77 bits per heavy atom. The van der Waals surface area contributed by atoms with Gasteiger partial charge in [0, 0.05) is 44.3 Å². The molecular weight excluding hydrogens is 372 g/mol. The highest BCUT2D eigenvalue weighted by atomic mass is 35.5. The van der Waals surface area contributed by atoms with Crippen molar-refractivity contribution in [3.8, 4) is 0 Å². The molecule has 26 heavy (non-hydrogen) atoms. The zero-order valence-corrected chi connectivity index (χ0v) is 15.8. The van der Waals surface area contributed by atoms with Gasteiger partial charge in [-0.15, -0.1) is 11.3 Å². The number of aromatic nitrogens is 1.